The standard InChI is InChI=1S/C4HBr3N3/c5-1-2(6)9-4(8)10-3(1)7/h8H. The molecular formula is C4HBr3N3. The first-order valence-electron chi connectivity index (χ1n) is 2.21. The van der Waals surface area contributed by atoms with E-state index in [1.54, 1.807) is 0 Å². The fraction of sp³-hybridized carbons (Fsp3) is 0. The summed E-state index contributed by atoms with van der Waals surface area (Å²) in [6, 6.07) is 0. The van der Waals surface area contributed by atoms with Crippen molar-refractivity contribution in [3.05, 3.63) is 13.7 Å². The molecule has 0 bridgehead atoms. The van der Waals surface area contributed by atoms with Crippen LogP contribution < -0.4 is 5.73 Å². The van der Waals surface area contributed by atoms with Crippen LogP contribution in [0.1, 0.15) is 0 Å². The third kappa shape index (κ3) is 1.67. The maximum absolute atomic E-state index is 7.07. The molecule has 1 N–H and O–H groups in total. The predicted molar refractivity (Wildman–Crippen MR) is 47.9 cm³/mol. The van der Waals surface area contributed by atoms with Crippen molar-refractivity contribution in [2.45, 2.75) is 0 Å². The van der Waals surface area contributed by atoms with E-state index in [-0.39, 0.29) is 5.95 Å². The van der Waals surface area contributed by atoms with Crippen molar-refractivity contribution < 1.29 is 0 Å². The average Bonchev–Trinajstić information content (AvgIpc) is 1.82. The summed E-state index contributed by atoms with van der Waals surface area (Å²) in [5.41, 5.74) is 7.07. The molecule has 0 unspecified atom stereocenters. The molecule has 1 aromatic rings. The second-order valence-corrected chi connectivity index (χ2v) is 3.74. The van der Waals surface area contributed by atoms with Crippen LogP contribution in [0.15, 0.2) is 13.7 Å². The van der Waals surface area contributed by atoms with Gasteiger partial charge in [-0.25, -0.2) is 9.97 Å². The molecule has 0 amide bonds. The van der Waals surface area contributed by atoms with E-state index < -0.39 is 0 Å². The maximum atomic E-state index is 7.07. The van der Waals surface area contributed by atoms with E-state index in [4.69, 9.17) is 5.73 Å². The molecule has 53 valence electrons. The van der Waals surface area contributed by atoms with Crippen LogP contribution >= 0.6 is 47.8 Å². The van der Waals surface area contributed by atoms with Crippen molar-refractivity contribution in [2.24, 2.45) is 0 Å². The minimum absolute atomic E-state index is 0.0121. The third-order valence-corrected chi connectivity index (χ3v) is 3.73. The highest BCUT2D eigenvalue weighted by atomic mass is 79.9. The van der Waals surface area contributed by atoms with Crippen LogP contribution in [0.2, 0.25) is 0 Å². The van der Waals surface area contributed by atoms with E-state index in [1.807, 2.05) is 0 Å². The van der Waals surface area contributed by atoms with Crippen LogP contribution in [0.25, 0.3) is 0 Å². The number of hydrogen-bond donors (Lipinski definition) is 0. The van der Waals surface area contributed by atoms with Gasteiger partial charge in [0.2, 0.25) is 5.95 Å². The van der Waals surface area contributed by atoms with E-state index in [0.29, 0.717) is 9.21 Å². The number of nitrogens with zero attached hydrogens (tertiary/aromatic N) is 2. The molecule has 0 aromatic carbocycles. The fourth-order valence-corrected chi connectivity index (χ4v) is 1.55. The molecule has 0 atom stereocenters. The Bertz CT molecular complexity index is 239. The molecule has 1 radical (unpaired) electrons. The monoisotopic (exact) mass is 328 g/mol. The molecule has 1 heterocycles. The first-order valence-corrected chi connectivity index (χ1v) is 4.59. The summed E-state index contributed by atoms with van der Waals surface area (Å²) in [5.74, 6) is -0.0121. The summed E-state index contributed by atoms with van der Waals surface area (Å²) in [6.45, 7) is 0. The Kier molecular flexibility index (Phi) is 2.65. The summed E-state index contributed by atoms with van der Waals surface area (Å²) >= 11 is 9.51. The fourth-order valence-electron chi connectivity index (χ4n) is 0.394. The van der Waals surface area contributed by atoms with Gasteiger partial charge >= 0.3 is 0 Å². The normalized spacial score (nSPS) is 9.90. The lowest BCUT2D eigenvalue weighted by Crippen LogP contribution is -1.87. The highest BCUT2D eigenvalue weighted by Crippen LogP contribution is 2.28. The van der Waals surface area contributed by atoms with Gasteiger partial charge in [-0.2, -0.15) is 0 Å². The van der Waals surface area contributed by atoms with Gasteiger partial charge in [0.05, 0.1) is 4.47 Å². The number of nitrogens with one attached hydrogen (secondary N) is 1. The molecule has 0 spiro atoms. The van der Waals surface area contributed by atoms with E-state index in [9.17, 15) is 0 Å². The first kappa shape index (κ1) is 8.42. The van der Waals surface area contributed by atoms with Crippen molar-refractivity contribution in [2.75, 3.05) is 0 Å². The largest absolute Gasteiger partial charge is 0.265 e. The number of halogens is 3. The van der Waals surface area contributed by atoms with Gasteiger partial charge in [-0.1, -0.05) is 0 Å². The van der Waals surface area contributed by atoms with Gasteiger partial charge in [0.15, 0.2) is 0 Å². The van der Waals surface area contributed by atoms with Gasteiger partial charge in [0, 0.05) is 0 Å². The first-order chi connectivity index (χ1) is 4.61. The highest BCUT2D eigenvalue weighted by molar-refractivity contribution is 9.14. The number of aromatic nitrogens is 2. The molecule has 0 fully saturated rings. The molecule has 0 aliphatic carbocycles. The van der Waals surface area contributed by atoms with Gasteiger partial charge in [-0.3, -0.25) is 5.73 Å². The van der Waals surface area contributed by atoms with Crippen LogP contribution in [0, 0.1) is 0 Å². The topological polar surface area (TPSA) is 49.6 Å². The lowest BCUT2D eigenvalue weighted by Gasteiger charge is -1.97. The lowest BCUT2D eigenvalue weighted by atomic mass is 10.7. The van der Waals surface area contributed by atoms with Gasteiger partial charge in [0.25, 0.3) is 0 Å². The molecule has 1 aromatic heterocycles. The van der Waals surface area contributed by atoms with Gasteiger partial charge in [0.1, 0.15) is 9.21 Å². The summed E-state index contributed by atoms with van der Waals surface area (Å²) in [6.07, 6.45) is 0. The Morgan fingerprint density at radius 3 is 1.80 bits per heavy atom. The Balaban J connectivity index is 3.31. The molecule has 3 nitrogen and oxygen atoms in total. The molecule has 0 aliphatic rings. The average molecular weight is 331 g/mol. The minimum atomic E-state index is -0.0121. The van der Waals surface area contributed by atoms with Crippen molar-refractivity contribution in [1.29, 1.82) is 0 Å². The molecule has 6 heteroatoms. The molecular weight excluding hydrogens is 330 g/mol. The molecule has 10 heavy (non-hydrogen) atoms. The molecule has 1 rings (SSSR count). The second kappa shape index (κ2) is 3.15. The van der Waals surface area contributed by atoms with Crippen LogP contribution in [-0.2, 0) is 0 Å². The second-order valence-electron chi connectivity index (χ2n) is 1.44. The number of rotatable bonds is 0. The highest BCUT2D eigenvalue weighted by Gasteiger charge is 2.05. The van der Waals surface area contributed by atoms with E-state index in [2.05, 4.69) is 57.8 Å². The zero-order chi connectivity index (χ0) is 7.72. The van der Waals surface area contributed by atoms with Gasteiger partial charge in [-0.15, -0.1) is 0 Å². The Morgan fingerprint density at radius 1 is 1.00 bits per heavy atom. The van der Waals surface area contributed by atoms with Crippen molar-refractivity contribution in [3.8, 4) is 0 Å². The summed E-state index contributed by atoms with van der Waals surface area (Å²) in [7, 11) is 0. The maximum Gasteiger partial charge on any atom is 0.244 e. The Labute approximate surface area is 82.8 Å². The number of hydrogen-bond acceptors (Lipinski definition) is 2. The van der Waals surface area contributed by atoms with Crippen LogP contribution in [0.3, 0.4) is 0 Å². The van der Waals surface area contributed by atoms with E-state index in [1.165, 1.54) is 0 Å². The smallest absolute Gasteiger partial charge is 0.244 e. The SMILES string of the molecule is [NH]c1nc(Br)c(Br)c(Br)n1. The summed E-state index contributed by atoms with van der Waals surface area (Å²) < 4.78 is 1.89. The summed E-state index contributed by atoms with van der Waals surface area (Å²) in [5, 5.41) is 0. The predicted octanol–water partition coefficient (Wildman–Crippen LogP) is 2.68. The van der Waals surface area contributed by atoms with Crippen molar-refractivity contribution >= 4 is 53.7 Å². The van der Waals surface area contributed by atoms with Gasteiger partial charge < -0.3 is 0 Å². The molecule has 0 aliphatic heterocycles. The molecule has 0 saturated heterocycles. The minimum Gasteiger partial charge on any atom is -0.265 e. The third-order valence-electron chi connectivity index (χ3n) is 0.770. The Hall–Kier alpha value is 0.320. The zero-order valence-corrected chi connectivity index (χ0v) is 9.29. The Morgan fingerprint density at radius 2 is 1.40 bits per heavy atom. The van der Waals surface area contributed by atoms with E-state index in [0.717, 1.165) is 4.47 Å². The van der Waals surface area contributed by atoms with Crippen LogP contribution in [0.5, 0.6) is 0 Å². The lowest BCUT2D eigenvalue weighted by molar-refractivity contribution is 1.06. The zero-order valence-electron chi connectivity index (χ0n) is 4.53. The van der Waals surface area contributed by atoms with E-state index >= 15 is 0 Å². The summed E-state index contributed by atoms with van der Waals surface area (Å²) in [4.78, 5) is 7.46. The van der Waals surface area contributed by atoms with Crippen LogP contribution in [-0.4, -0.2) is 9.97 Å². The van der Waals surface area contributed by atoms with Crippen molar-refractivity contribution in [3.63, 3.8) is 0 Å². The molecule has 0 saturated carbocycles. The van der Waals surface area contributed by atoms with Gasteiger partial charge in [-0.05, 0) is 47.8 Å². The van der Waals surface area contributed by atoms with Crippen molar-refractivity contribution in [1.82, 2.24) is 15.7 Å². The van der Waals surface area contributed by atoms with Crippen LogP contribution in [0.4, 0.5) is 5.95 Å². The quantitative estimate of drug-likeness (QED) is 0.687.